The zero-order chi connectivity index (χ0) is 9.56. The summed E-state index contributed by atoms with van der Waals surface area (Å²) in [5, 5.41) is 0. The lowest BCUT2D eigenvalue weighted by molar-refractivity contribution is -0.135. The number of hydrogen-bond acceptors (Lipinski definition) is 3. The van der Waals surface area contributed by atoms with Crippen LogP contribution < -0.4 is 11.3 Å². The highest BCUT2D eigenvalue weighted by molar-refractivity contribution is 5.79. The van der Waals surface area contributed by atoms with Crippen molar-refractivity contribution in [2.24, 2.45) is 5.84 Å². The van der Waals surface area contributed by atoms with E-state index in [9.17, 15) is 13.6 Å². The summed E-state index contributed by atoms with van der Waals surface area (Å²) in [5.41, 5.74) is 1.83. The molecule has 0 saturated carbocycles. The summed E-state index contributed by atoms with van der Waals surface area (Å²) >= 11 is 0. The van der Waals surface area contributed by atoms with Crippen molar-refractivity contribution < 1.29 is 18.3 Å². The van der Waals surface area contributed by atoms with Gasteiger partial charge in [-0.15, -0.1) is 0 Å². The van der Waals surface area contributed by atoms with Gasteiger partial charge in [0.05, 0.1) is 0 Å². The zero-order valence-electron chi connectivity index (χ0n) is 6.72. The number of carbonyl (C=O) groups is 1. The Kier molecular flexibility index (Phi) is 5.48. The largest absolute Gasteiger partial charge is 0.362 e. The standard InChI is InChI=1S/C6H12F2N2O2/c1-2-4(6(11)10-9)12-3-5(7)8/h4-5H,2-3,9H2,1H3,(H,10,11). The third kappa shape index (κ3) is 4.20. The third-order valence-corrected chi connectivity index (χ3v) is 1.23. The first-order chi connectivity index (χ1) is 5.61. The number of alkyl halides is 2. The van der Waals surface area contributed by atoms with Gasteiger partial charge in [-0.1, -0.05) is 6.92 Å². The van der Waals surface area contributed by atoms with E-state index in [4.69, 9.17) is 5.84 Å². The molecule has 0 aliphatic rings. The fourth-order valence-corrected chi connectivity index (χ4v) is 0.661. The molecular formula is C6H12F2N2O2. The molecule has 0 fully saturated rings. The number of carbonyl (C=O) groups excluding carboxylic acids is 1. The maximum absolute atomic E-state index is 11.6. The van der Waals surface area contributed by atoms with E-state index in [0.29, 0.717) is 6.42 Å². The Morgan fingerprint density at radius 2 is 2.25 bits per heavy atom. The number of nitrogens with two attached hydrogens (primary N) is 1. The van der Waals surface area contributed by atoms with Gasteiger partial charge in [-0.3, -0.25) is 10.2 Å². The average molecular weight is 182 g/mol. The van der Waals surface area contributed by atoms with Crippen LogP contribution in [0.25, 0.3) is 0 Å². The number of halogens is 2. The number of hydrogen-bond donors (Lipinski definition) is 2. The SMILES string of the molecule is CCC(OCC(F)F)C(=O)NN. The van der Waals surface area contributed by atoms with Gasteiger partial charge in [0, 0.05) is 0 Å². The molecule has 1 unspecified atom stereocenters. The van der Waals surface area contributed by atoms with Crippen molar-refractivity contribution >= 4 is 5.91 Å². The molecule has 0 radical (unpaired) electrons. The number of ether oxygens (including phenoxy) is 1. The second-order valence-electron chi connectivity index (χ2n) is 2.13. The van der Waals surface area contributed by atoms with Crippen LogP contribution in [0.2, 0.25) is 0 Å². The van der Waals surface area contributed by atoms with Crippen LogP contribution in [-0.2, 0) is 9.53 Å². The van der Waals surface area contributed by atoms with E-state index in [1.165, 1.54) is 0 Å². The molecule has 6 heteroatoms. The van der Waals surface area contributed by atoms with Gasteiger partial charge < -0.3 is 4.74 Å². The smallest absolute Gasteiger partial charge is 0.262 e. The van der Waals surface area contributed by atoms with Crippen molar-refractivity contribution in [3.63, 3.8) is 0 Å². The quantitative estimate of drug-likeness (QED) is 0.358. The van der Waals surface area contributed by atoms with E-state index in [2.05, 4.69) is 4.74 Å². The van der Waals surface area contributed by atoms with Gasteiger partial charge in [0.1, 0.15) is 12.7 Å². The van der Waals surface area contributed by atoms with E-state index < -0.39 is 25.0 Å². The predicted molar refractivity (Wildman–Crippen MR) is 38.4 cm³/mol. The second-order valence-corrected chi connectivity index (χ2v) is 2.13. The van der Waals surface area contributed by atoms with Crippen LogP contribution >= 0.6 is 0 Å². The Morgan fingerprint density at radius 3 is 2.58 bits per heavy atom. The summed E-state index contributed by atoms with van der Waals surface area (Å²) in [7, 11) is 0. The summed E-state index contributed by atoms with van der Waals surface area (Å²) in [4.78, 5) is 10.7. The van der Waals surface area contributed by atoms with Crippen LogP contribution in [0.5, 0.6) is 0 Å². The fraction of sp³-hybridized carbons (Fsp3) is 0.833. The zero-order valence-corrected chi connectivity index (χ0v) is 6.72. The van der Waals surface area contributed by atoms with Crippen LogP contribution in [0, 0.1) is 0 Å². The molecule has 3 N–H and O–H groups in total. The monoisotopic (exact) mass is 182 g/mol. The molecule has 72 valence electrons. The minimum atomic E-state index is -2.57. The van der Waals surface area contributed by atoms with Gasteiger partial charge in [0.2, 0.25) is 0 Å². The van der Waals surface area contributed by atoms with Gasteiger partial charge in [0.25, 0.3) is 12.3 Å². The molecule has 0 aliphatic heterocycles. The highest BCUT2D eigenvalue weighted by Gasteiger charge is 2.17. The van der Waals surface area contributed by atoms with Crippen LogP contribution in [0.3, 0.4) is 0 Å². The fourth-order valence-electron chi connectivity index (χ4n) is 0.661. The van der Waals surface area contributed by atoms with Crippen LogP contribution in [0.15, 0.2) is 0 Å². The number of rotatable bonds is 5. The molecule has 1 atom stereocenters. The normalized spacial score (nSPS) is 13.1. The highest BCUT2D eigenvalue weighted by Crippen LogP contribution is 2.01. The van der Waals surface area contributed by atoms with Gasteiger partial charge >= 0.3 is 0 Å². The van der Waals surface area contributed by atoms with Crippen molar-refractivity contribution in [1.29, 1.82) is 0 Å². The molecule has 0 aromatic carbocycles. The van der Waals surface area contributed by atoms with Crippen LogP contribution in [0.4, 0.5) is 8.78 Å². The van der Waals surface area contributed by atoms with E-state index >= 15 is 0 Å². The van der Waals surface area contributed by atoms with Crippen molar-refractivity contribution in [1.82, 2.24) is 5.43 Å². The molecule has 0 aliphatic carbocycles. The molecule has 0 spiro atoms. The first-order valence-corrected chi connectivity index (χ1v) is 3.52. The maximum Gasteiger partial charge on any atom is 0.262 e. The molecule has 12 heavy (non-hydrogen) atoms. The molecule has 1 amide bonds. The summed E-state index contributed by atoms with van der Waals surface area (Å²) in [6.07, 6.45) is -3.14. The molecule has 0 bridgehead atoms. The first-order valence-electron chi connectivity index (χ1n) is 3.52. The Labute approximate surface area is 69.0 Å². The molecule has 0 aromatic heterocycles. The van der Waals surface area contributed by atoms with Crippen molar-refractivity contribution in [3.8, 4) is 0 Å². The van der Waals surface area contributed by atoms with Crippen LogP contribution in [0.1, 0.15) is 13.3 Å². The summed E-state index contributed by atoms with van der Waals surface area (Å²) in [5.74, 6) is 4.20. The molecular weight excluding hydrogens is 170 g/mol. The molecule has 0 rings (SSSR count). The lowest BCUT2D eigenvalue weighted by Gasteiger charge is -2.13. The second kappa shape index (κ2) is 5.84. The van der Waals surface area contributed by atoms with Crippen LogP contribution in [-0.4, -0.2) is 25.0 Å². The van der Waals surface area contributed by atoms with Gasteiger partial charge in [-0.2, -0.15) is 0 Å². The lowest BCUT2D eigenvalue weighted by atomic mass is 10.2. The number of nitrogens with one attached hydrogen (secondary N) is 1. The first kappa shape index (κ1) is 11.2. The van der Waals surface area contributed by atoms with E-state index in [1.54, 1.807) is 6.92 Å². The molecule has 0 aromatic rings. The Balaban J connectivity index is 3.75. The highest BCUT2D eigenvalue weighted by atomic mass is 19.3. The average Bonchev–Trinajstić information content (AvgIpc) is 2.04. The summed E-state index contributed by atoms with van der Waals surface area (Å²) < 4.78 is 27.8. The Hall–Kier alpha value is -0.750. The third-order valence-electron chi connectivity index (χ3n) is 1.23. The Bertz CT molecular complexity index is 144. The topological polar surface area (TPSA) is 64.3 Å². The molecule has 0 saturated heterocycles. The number of amides is 1. The van der Waals surface area contributed by atoms with Crippen molar-refractivity contribution in [2.45, 2.75) is 25.9 Å². The van der Waals surface area contributed by atoms with Crippen molar-refractivity contribution in [2.75, 3.05) is 6.61 Å². The van der Waals surface area contributed by atoms with E-state index in [0.717, 1.165) is 0 Å². The van der Waals surface area contributed by atoms with Crippen molar-refractivity contribution in [3.05, 3.63) is 0 Å². The Morgan fingerprint density at radius 1 is 1.67 bits per heavy atom. The predicted octanol–water partition coefficient (Wildman–Crippen LogP) is 0.0366. The van der Waals surface area contributed by atoms with Gasteiger partial charge in [-0.25, -0.2) is 14.6 Å². The minimum Gasteiger partial charge on any atom is -0.362 e. The molecule has 4 nitrogen and oxygen atoms in total. The summed E-state index contributed by atoms with van der Waals surface area (Å²) in [6, 6.07) is 0. The summed E-state index contributed by atoms with van der Waals surface area (Å²) in [6.45, 7) is 0.900. The molecule has 0 heterocycles. The van der Waals surface area contributed by atoms with E-state index in [1.807, 2.05) is 5.43 Å². The van der Waals surface area contributed by atoms with Gasteiger partial charge in [-0.05, 0) is 6.42 Å². The minimum absolute atomic E-state index is 0.315. The van der Waals surface area contributed by atoms with Gasteiger partial charge in [0.15, 0.2) is 0 Å². The lowest BCUT2D eigenvalue weighted by Crippen LogP contribution is -2.40. The maximum atomic E-state index is 11.6. The van der Waals surface area contributed by atoms with E-state index in [-0.39, 0.29) is 0 Å². The number of hydrazine groups is 1.